The zero-order valence-corrected chi connectivity index (χ0v) is 74.4. The van der Waals surface area contributed by atoms with Crippen LogP contribution in [-0.4, -0.2) is 276 Å². The van der Waals surface area contributed by atoms with Crippen molar-refractivity contribution in [1.82, 2.24) is 72.6 Å². The predicted octanol–water partition coefficient (Wildman–Crippen LogP) is 12.2. The second-order valence-corrected chi connectivity index (χ2v) is 33.4. The van der Waals surface area contributed by atoms with E-state index in [0.717, 1.165) is 163 Å². The van der Waals surface area contributed by atoms with Gasteiger partial charge >= 0.3 is 0 Å². The topological polar surface area (TPSA) is 423 Å². The van der Waals surface area contributed by atoms with E-state index in [1.807, 2.05) is 122 Å². The minimum atomic E-state index is -0.393. The molecule has 0 saturated carbocycles. The number of carbonyl (C=O) groups is 5. The third-order valence-corrected chi connectivity index (χ3v) is 23.9. The van der Waals surface area contributed by atoms with Gasteiger partial charge in [0.1, 0.15) is 68.6 Å². The Morgan fingerprint density at radius 2 is 0.636 bits per heavy atom. The highest BCUT2D eigenvalue weighted by molar-refractivity contribution is 6.52. The summed E-state index contributed by atoms with van der Waals surface area (Å²) in [6.07, 6.45) is 40.8. The van der Waals surface area contributed by atoms with Crippen LogP contribution in [0.1, 0.15) is 71.1 Å². The van der Waals surface area contributed by atoms with Crippen LogP contribution in [0, 0.1) is 0 Å². The van der Waals surface area contributed by atoms with Crippen molar-refractivity contribution < 1.29 is 39.3 Å². The molecule has 0 spiro atoms. The molecule has 5 fully saturated rings. The third-order valence-electron chi connectivity index (χ3n) is 23.6. The number of likely N-dealkylation sites (tertiary alicyclic amines) is 5. The molecule has 35 nitrogen and oxygen atoms in total. The largest absolute Gasteiger partial charge is 0.506 e. The number of fused-ring (bicyclic) bond motifs is 5. The molecule has 5 aliphatic carbocycles. The number of hydrogen-bond donors (Lipinski definition) is 10. The Hall–Kier alpha value is -14.4. The first-order valence-electron chi connectivity index (χ1n) is 45.0. The van der Waals surface area contributed by atoms with Crippen molar-refractivity contribution in [2.45, 2.75) is 71.1 Å². The molecule has 132 heavy (non-hydrogen) atoms. The van der Waals surface area contributed by atoms with E-state index in [1.54, 1.807) is 53.8 Å². The monoisotopic (exact) mass is 1800 g/mol. The number of pyridine rings is 5. The van der Waals surface area contributed by atoms with Crippen molar-refractivity contribution >= 4 is 154 Å². The zero-order chi connectivity index (χ0) is 91.4. The van der Waals surface area contributed by atoms with Gasteiger partial charge in [0.05, 0.1) is 44.0 Å². The van der Waals surface area contributed by atoms with Crippen molar-refractivity contribution in [3.63, 3.8) is 0 Å². The number of carbonyl (C=O) groups excluding carboxylic acids is 5. The number of aliphatic hydroxyl groups excluding tert-OH is 3. The summed E-state index contributed by atoms with van der Waals surface area (Å²) in [5.74, 6) is 1.76. The molecule has 10 aliphatic rings. The number of ketones is 5. The normalized spacial score (nSPS) is 19.5. The molecule has 20 rings (SSSR count). The fourth-order valence-electron chi connectivity index (χ4n) is 16.6. The van der Waals surface area contributed by atoms with Crippen LogP contribution in [-0.2, 0) is 24.0 Å². The quantitative estimate of drug-likeness (QED) is 0.0188. The molecule has 15 heterocycles. The van der Waals surface area contributed by atoms with Crippen LogP contribution in [0.4, 0.5) is 57.5 Å². The van der Waals surface area contributed by atoms with Gasteiger partial charge in [-0.25, -0.2) is 47.5 Å². The lowest BCUT2D eigenvalue weighted by Crippen LogP contribution is -2.26. The van der Waals surface area contributed by atoms with Crippen LogP contribution in [0.15, 0.2) is 265 Å². The fourth-order valence-corrected chi connectivity index (χ4v) is 16.8. The number of nitrogens with zero attached hydrogens (tertiary/aromatic N) is 20. The summed E-state index contributed by atoms with van der Waals surface area (Å²) in [7, 11) is 0. The zero-order valence-electron chi connectivity index (χ0n) is 73.6. The number of aromatic nitrogens is 10. The highest BCUT2D eigenvalue weighted by atomic mass is 35.5. The average Bonchev–Trinajstić information content (AvgIpc) is 1.63. The van der Waals surface area contributed by atoms with Gasteiger partial charge < -0.3 is 77.9 Å². The summed E-state index contributed by atoms with van der Waals surface area (Å²) < 4.78 is 8.83. The molecule has 12 N–H and O–H groups in total. The SMILES string of the molecule is CC1=C(O)C(=Nc2c(NCCN3CCCC3)nn3ccccc23)C=CC1=O.NC1=CC(=O)C(=Nc2c(NCCN3CCCC3)nn3ccccc23)C=C1.NC1=CC(=O)C=CC1=Nc1c(NCCN2CCCC2)nn2ccccc12.O=C1C=C(O)C(Cl)=CC1=Nc1c(NCCN2CCCC2)nn2ccccc12.O=C1C=CC(=Nc2c(NCCN3CCCC3)nn3ccccc23)C(O)=C1. The molecular weight excluding hydrogens is 1690 g/mol. The number of aliphatic imine (C=N–C) groups is 5. The molecule has 5 saturated heterocycles. The molecule has 0 bridgehead atoms. The lowest BCUT2D eigenvalue weighted by Gasteiger charge is -2.14. The van der Waals surface area contributed by atoms with E-state index in [4.69, 9.17) is 28.1 Å². The number of anilines is 5. The molecule has 0 atom stereocenters. The van der Waals surface area contributed by atoms with E-state index in [-0.39, 0.29) is 51.2 Å². The Labute approximate surface area is 767 Å². The maximum atomic E-state index is 12.2. The Morgan fingerprint density at radius 3 is 0.985 bits per heavy atom. The summed E-state index contributed by atoms with van der Waals surface area (Å²) >= 11 is 5.95. The van der Waals surface area contributed by atoms with Gasteiger partial charge in [-0.3, -0.25) is 24.0 Å². The summed E-state index contributed by atoms with van der Waals surface area (Å²) in [6.45, 7) is 21.8. The molecule has 0 amide bonds. The fraction of sp³-hybridized carbons (Fsp3) is 0.323. The van der Waals surface area contributed by atoms with Crippen LogP contribution in [0.25, 0.3) is 27.6 Å². The molecule has 10 aromatic rings. The van der Waals surface area contributed by atoms with E-state index < -0.39 is 5.78 Å². The summed E-state index contributed by atoms with van der Waals surface area (Å²) in [6, 6.07) is 28.8. The van der Waals surface area contributed by atoms with Crippen molar-refractivity contribution in [1.29, 1.82) is 0 Å². The highest BCUT2D eigenvalue weighted by Crippen LogP contribution is 2.37. The van der Waals surface area contributed by atoms with Crippen LogP contribution in [0.5, 0.6) is 0 Å². The van der Waals surface area contributed by atoms with Gasteiger partial charge in [-0.05, 0) is 252 Å². The average molecular weight is 1800 g/mol. The highest BCUT2D eigenvalue weighted by Gasteiger charge is 2.27. The summed E-state index contributed by atoms with van der Waals surface area (Å²) in [5.41, 5.74) is 22.1. The van der Waals surface area contributed by atoms with Gasteiger partial charge in [0, 0.05) is 132 Å². The molecule has 10 aromatic heterocycles. The Balaban J connectivity index is 0.000000120. The number of hydrogen-bond acceptors (Lipinski definition) is 30. The molecular formula is C96H108ClN27O8. The van der Waals surface area contributed by atoms with Crippen molar-refractivity contribution in [3.05, 3.63) is 240 Å². The number of halogens is 1. The van der Waals surface area contributed by atoms with Gasteiger partial charge in [0.15, 0.2) is 46.4 Å². The number of nitrogens with two attached hydrogens (primary N) is 2. The van der Waals surface area contributed by atoms with Gasteiger partial charge in [0.25, 0.3) is 0 Å². The van der Waals surface area contributed by atoms with E-state index in [2.05, 4.69) is 96.5 Å². The van der Waals surface area contributed by atoms with Gasteiger partial charge in [-0.2, -0.15) is 0 Å². The second-order valence-electron chi connectivity index (χ2n) is 33.0. The maximum absolute atomic E-state index is 12.2. The molecule has 36 heteroatoms. The number of allylic oxidation sites excluding steroid dienone is 15. The van der Waals surface area contributed by atoms with Gasteiger partial charge in [-0.1, -0.05) is 41.9 Å². The summed E-state index contributed by atoms with van der Waals surface area (Å²) in [4.78, 5) is 94.0. The Bertz CT molecular complexity index is 6330. The second kappa shape index (κ2) is 43.4. The predicted molar refractivity (Wildman–Crippen MR) is 519 cm³/mol. The molecule has 5 aliphatic heterocycles. The van der Waals surface area contributed by atoms with Crippen molar-refractivity contribution in [3.8, 4) is 0 Å². The standard InChI is InChI=1S/C20H23N5O2.C19H20ClN5O2.2C19H22N6O.C19H21N5O2/c1-14-17(26)8-7-15(19(14)27)22-18-16-6-2-3-12-25(16)23-20(18)21-9-13-24-10-4-5-11-24;20-13-11-14(17(27)12-16(13)26)22-18-15-5-1-2-9-25(15)23-19(18)21-6-10-24-7-3-4-8-24;20-15-13-14(26)6-7-16(15)22-18-17-5-1-2-11-25(17)23-19(18)21-8-12-24-9-3-4-10-24;20-14-6-7-15(17(26)13-14)22-18-16-5-1-2-11-25(16)23-19(18)21-8-12-24-9-3-4-10-24;25-14-6-7-15(17(26)13-14)21-18-16-5-1-2-11-24(16)22-19(18)20-8-12-23-9-3-4-10-23/h2-3,6-8,12,27H,4-5,9-11,13H2,1H3,(H,21,23);1-2,5,9,11-12,26H,3-4,6-8,10H2,(H,21,23);2*1-2,5-7,11,13H,3-4,8-10,12,20H2,(H,21,23);1-2,5-7,11,13,26H,3-4,8-10,12H2,(H,20,22). The van der Waals surface area contributed by atoms with Crippen molar-refractivity contribution in [2.24, 2.45) is 36.4 Å². The minimum Gasteiger partial charge on any atom is -0.506 e. The van der Waals surface area contributed by atoms with Crippen molar-refractivity contribution in [2.75, 3.05) is 157 Å². The smallest absolute Gasteiger partial charge is 0.207 e. The van der Waals surface area contributed by atoms with Crippen LogP contribution in [0.2, 0.25) is 0 Å². The van der Waals surface area contributed by atoms with Crippen LogP contribution < -0.4 is 38.1 Å². The summed E-state index contributed by atoms with van der Waals surface area (Å²) in [5, 5.41) is 69.8. The lowest BCUT2D eigenvalue weighted by atomic mass is 10.0. The lowest BCUT2D eigenvalue weighted by molar-refractivity contribution is -0.112. The van der Waals surface area contributed by atoms with Gasteiger partial charge in [-0.15, -0.1) is 25.5 Å². The number of rotatable bonds is 25. The van der Waals surface area contributed by atoms with Gasteiger partial charge in [0.2, 0.25) is 11.6 Å². The van der Waals surface area contributed by atoms with E-state index in [0.29, 0.717) is 85.8 Å². The molecule has 0 unspecified atom stereocenters. The van der Waals surface area contributed by atoms with Crippen LogP contribution >= 0.6 is 11.6 Å². The minimum absolute atomic E-state index is 0.0826. The Morgan fingerprint density at radius 1 is 0.333 bits per heavy atom. The number of nitrogens with one attached hydrogen (secondary N) is 5. The van der Waals surface area contributed by atoms with E-state index >= 15 is 0 Å². The molecule has 0 aromatic carbocycles. The molecule has 682 valence electrons. The maximum Gasteiger partial charge on any atom is 0.207 e. The van der Waals surface area contributed by atoms with Crippen LogP contribution in [0.3, 0.4) is 0 Å². The molecule has 0 radical (unpaired) electrons. The first-order valence-corrected chi connectivity index (χ1v) is 45.3. The number of aliphatic hydroxyl groups is 3. The third kappa shape index (κ3) is 22.9. The van der Waals surface area contributed by atoms with E-state index in [1.165, 1.54) is 126 Å². The first kappa shape index (κ1) is 91.0. The van der Waals surface area contributed by atoms with E-state index in [9.17, 15) is 39.3 Å². The Kier molecular flexibility index (Phi) is 29.9. The first-order chi connectivity index (χ1) is 64.4.